The standard InChI is InChI=1S/C15H15FN6O/c1-22-8-11(6-19-22)20-15-18-7-13(14(17)21-15)9-3-10(16)5-12(4-9)23-2/h3-8H,1-2H3,(H3,17,18,20,21). The molecule has 0 spiro atoms. The number of methoxy groups -OCH3 is 1. The van der Waals surface area contributed by atoms with E-state index in [0.717, 1.165) is 5.69 Å². The maximum atomic E-state index is 13.6. The average Bonchev–Trinajstić information content (AvgIpc) is 2.91. The monoisotopic (exact) mass is 314 g/mol. The Bertz CT molecular complexity index is 848. The summed E-state index contributed by atoms with van der Waals surface area (Å²) in [6.07, 6.45) is 4.96. The molecule has 0 saturated heterocycles. The van der Waals surface area contributed by atoms with E-state index in [1.807, 2.05) is 0 Å². The summed E-state index contributed by atoms with van der Waals surface area (Å²) >= 11 is 0. The maximum absolute atomic E-state index is 13.6. The SMILES string of the molecule is COc1cc(F)cc(-c2cnc(Nc3cnn(C)c3)nc2N)c1. The van der Waals surface area contributed by atoms with E-state index in [4.69, 9.17) is 10.5 Å². The molecular formula is C15H15FN6O. The van der Waals surface area contributed by atoms with Crippen molar-refractivity contribution in [3.63, 3.8) is 0 Å². The number of halogens is 1. The van der Waals surface area contributed by atoms with Crippen LogP contribution in [0.5, 0.6) is 5.75 Å². The second-order valence-corrected chi connectivity index (χ2v) is 4.90. The highest BCUT2D eigenvalue weighted by Crippen LogP contribution is 2.29. The first-order chi connectivity index (χ1) is 11.0. The fraction of sp³-hybridized carbons (Fsp3) is 0.133. The van der Waals surface area contributed by atoms with Crippen LogP contribution in [0.1, 0.15) is 0 Å². The maximum Gasteiger partial charge on any atom is 0.229 e. The van der Waals surface area contributed by atoms with Gasteiger partial charge < -0.3 is 15.8 Å². The van der Waals surface area contributed by atoms with E-state index in [1.165, 1.54) is 25.4 Å². The van der Waals surface area contributed by atoms with Gasteiger partial charge in [-0.15, -0.1) is 0 Å². The van der Waals surface area contributed by atoms with Gasteiger partial charge in [0.15, 0.2) is 0 Å². The van der Waals surface area contributed by atoms with Gasteiger partial charge in [0.2, 0.25) is 5.95 Å². The van der Waals surface area contributed by atoms with Crippen molar-refractivity contribution < 1.29 is 9.13 Å². The zero-order chi connectivity index (χ0) is 16.4. The molecule has 0 unspecified atom stereocenters. The highest BCUT2D eigenvalue weighted by atomic mass is 19.1. The summed E-state index contributed by atoms with van der Waals surface area (Å²) < 4.78 is 20.3. The molecular weight excluding hydrogens is 299 g/mol. The fourth-order valence-electron chi connectivity index (χ4n) is 2.13. The number of ether oxygens (including phenoxy) is 1. The lowest BCUT2D eigenvalue weighted by Gasteiger charge is -2.09. The molecule has 3 N–H and O–H groups in total. The number of aryl methyl sites for hydroxylation is 1. The summed E-state index contributed by atoms with van der Waals surface area (Å²) in [6.45, 7) is 0. The minimum absolute atomic E-state index is 0.235. The Hall–Kier alpha value is -3.16. The summed E-state index contributed by atoms with van der Waals surface area (Å²) in [4.78, 5) is 8.40. The molecule has 0 aliphatic heterocycles. The molecule has 0 aliphatic carbocycles. The van der Waals surface area contributed by atoms with Crippen molar-refractivity contribution in [2.45, 2.75) is 0 Å². The molecule has 7 nitrogen and oxygen atoms in total. The number of benzene rings is 1. The van der Waals surface area contributed by atoms with Crippen LogP contribution in [-0.4, -0.2) is 26.9 Å². The van der Waals surface area contributed by atoms with Crippen LogP contribution in [0, 0.1) is 5.82 Å². The molecule has 1 aromatic carbocycles. The molecule has 118 valence electrons. The highest BCUT2D eigenvalue weighted by Gasteiger charge is 2.10. The lowest BCUT2D eigenvalue weighted by Crippen LogP contribution is -2.02. The third-order valence-corrected chi connectivity index (χ3v) is 3.20. The van der Waals surface area contributed by atoms with Gasteiger partial charge in [-0.3, -0.25) is 4.68 Å². The van der Waals surface area contributed by atoms with Crippen molar-refractivity contribution in [2.24, 2.45) is 7.05 Å². The van der Waals surface area contributed by atoms with E-state index >= 15 is 0 Å². The van der Waals surface area contributed by atoms with E-state index in [2.05, 4.69) is 20.4 Å². The Morgan fingerprint density at radius 1 is 1.26 bits per heavy atom. The quantitative estimate of drug-likeness (QED) is 0.768. The van der Waals surface area contributed by atoms with Gasteiger partial charge >= 0.3 is 0 Å². The van der Waals surface area contributed by atoms with Gasteiger partial charge in [0.1, 0.15) is 17.4 Å². The van der Waals surface area contributed by atoms with Crippen LogP contribution in [0.3, 0.4) is 0 Å². The second-order valence-electron chi connectivity index (χ2n) is 4.90. The average molecular weight is 314 g/mol. The van der Waals surface area contributed by atoms with Crippen molar-refractivity contribution in [3.8, 4) is 16.9 Å². The second kappa shape index (κ2) is 5.91. The zero-order valence-corrected chi connectivity index (χ0v) is 12.6. The van der Waals surface area contributed by atoms with E-state index in [-0.39, 0.29) is 5.82 Å². The van der Waals surface area contributed by atoms with Crippen LogP contribution in [-0.2, 0) is 7.05 Å². The molecule has 0 fully saturated rings. The molecule has 2 heterocycles. The minimum Gasteiger partial charge on any atom is -0.497 e. The molecule has 0 bridgehead atoms. The number of hydrogen-bond donors (Lipinski definition) is 2. The molecule has 0 aliphatic rings. The number of aromatic nitrogens is 4. The van der Waals surface area contributed by atoms with Gasteiger partial charge in [-0.05, 0) is 17.7 Å². The molecule has 0 radical (unpaired) electrons. The summed E-state index contributed by atoms with van der Waals surface area (Å²) in [6, 6.07) is 4.32. The van der Waals surface area contributed by atoms with Crippen molar-refractivity contribution in [3.05, 3.63) is 42.6 Å². The van der Waals surface area contributed by atoms with Gasteiger partial charge in [-0.25, -0.2) is 9.37 Å². The minimum atomic E-state index is -0.420. The number of nitrogens with two attached hydrogens (primary N) is 1. The predicted octanol–water partition coefficient (Wildman–Crippen LogP) is 2.35. The Kier molecular flexibility index (Phi) is 3.80. The van der Waals surface area contributed by atoms with Crippen LogP contribution in [0.4, 0.5) is 21.8 Å². The third-order valence-electron chi connectivity index (χ3n) is 3.20. The Morgan fingerprint density at radius 2 is 2.09 bits per heavy atom. The highest BCUT2D eigenvalue weighted by molar-refractivity contribution is 5.75. The Balaban J connectivity index is 1.91. The number of rotatable bonds is 4. The molecule has 0 amide bonds. The van der Waals surface area contributed by atoms with Crippen LogP contribution in [0.2, 0.25) is 0 Å². The Morgan fingerprint density at radius 3 is 2.74 bits per heavy atom. The molecule has 3 rings (SSSR count). The Labute approximate surface area is 131 Å². The van der Waals surface area contributed by atoms with Crippen molar-refractivity contribution in [1.82, 2.24) is 19.7 Å². The third kappa shape index (κ3) is 3.20. The number of anilines is 3. The smallest absolute Gasteiger partial charge is 0.229 e. The number of nitrogens with zero attached hydrogens (tertiary/aromatic N) is 4. The summed E-state index contributed by atoms with van der Waals surface area (Å²) in [5.74, 6) is 0.551. The summed E-state index contributed by atoms with van der Waals surface area (Å²) in [5.41, 5.74) is 7.80. The van der Waals surface area contributed by atoms with E-state index in [0.29, 0.717) is 22.8 Å². The molecule has 0 atom stereocenters. The number of hydrogen-bond acceptors (Lipinski definition) is 6. The first-order valence-corrected chi connectivity index (χ1v) is 6.78. The summed E-state index contributed by atoms with van der Waals surface area (Å²) in [5, 5.41) is 7.03. The molecule has 3 aromatic rings. The zero-order valence-electron chi connectivity index (χ0n) is 12.6. The van der Waals surface area contributed by atoms with Crippen molar-refractivity contribution in [2.75, 3.05) is 18.2 Å². The van der Waals surface area contributed by atoms with Gasteiger partial charge in [0.05, 0.1) is 19.0 Å². The van der Waals surface area contributed by atoms with Gasteiger partial charge in [0, 0.05) is 31.1 Å². The van der Waals surface area contributed by atoms with Crippen LogP contribution >= 0.6 is 0 Å². The largest absolute Gasteiger partial charge is 0.497 e. The molecule has 2 aromatic heterocycles. The lowest BCUT2D eigenvalue weighted by molar-refractivity contribution is 0.411. The van der Waals surface area contributed by atoms with Crippen LogP contribution in [0.15, 0.2) is 36.8 Å². The number of nitrogens with one attached hydrogen (secondary N) is 1. The van der Waals surface area contributed by atoms with Crippen molar-refractivity contribution >= 4 is 17.5 Å². The van der Waals surface area contributed by atoms with Crippen LogP contribution < -0.4 is 15.8 Å². The molecule has 8 heteroatoms. The predicted molar refractivity (Wildman–Crippen MR) is 84.9 cm³/mol. The van der Waals surface area contributed by atoms with E-state index in [9.17, 15) is 4.39 Å². The first-order valence-electron chi connectivity index (χ1n) is 6.78. The van der Waals surface area contributed by atoms with Gasteiger partial charge in [-0.2, -0.15) is 10.1 Å². The van der Waals surface area contributed by atoms with Gasteiger partial charge in [0.25, 0.3) is 0 Å². The van der Waals surface area contributed by atoms with Crippen LogP contribution in [0.25, 0.3) is 11.1 Å². The van der Waals surface area contributed by atoms with Gasteiger partial charge in [-0.1, -0.05) is 0 Å². The van der Waals surface area contributed by atoms with Crippen molar-refractivity contribution in [1.29, 1.82) is 0 Å². The first kappa shape index (κ1) is 14.8. The van der Waals surface area contributed by atoms with E-state index in [1.54, 1.807) is 30.2 Å². The fourth-order valence-corrected chi connectivity index (χ4v) is 2.13. The molecule has 23 heavy (non-hydrogen) atoms. The lowest BCUT2D eigenvalue weighted by atomic mass is 10.1. The molecule has 0 saturated carbocycles. The topological polar surface area (TPSA) is 90.9 Å². The number of nitrogen functional groups attached to an aromatic ring is 1. The normalized spacial score (nSPS) is 10.6. The summed E-state index contributed by atoms with van der Waals surface area (Å²) in [7, 11) is 3.28. The van der Waals surface area contributed by atoms with E-state index < -0.39 is 5.82 Å².